The van der Waals surface area contributed by atoms with Crippen molar-refractivity contribution in [3.63, 3.8) is 0 Å². The van der Waals surface area contributed by atoms with Gasteiger partial charge in [-0.05, 0) is 50.7 Å². The minimum Gasteiger partial charge on any atom is -0.361 e. The van der Waals surface area contributed by atoms with Gasteiger partial charge in [0.05, 0.1) is 11.3 Å². The predicted octanol–water partition coefficient (Wildman–Crippen LogP) is 3.39. The molecule has 1 aliphatic carbocycles. The van der Waals surface area contributed by atoms with Gasteiger partial charge in [-0.15, -0.1) is 11.8 Å². The number of fused-ring (bicyclic) bond motifs is 1. The van der Waals surface area contributed by atoms with E-state index in [0.29, 0.717) is 11.8 Å². The van der Waals surface area contributed by atoms with Gasteiger partial charge >= 0.3 is 0 Å². The highest BCUT2D eigenvalue weighted by molar-refractivity contribution is 7.98. The molecule has 2 aromatic rings. The molecule has 0 radical (unpaired) electrons. The van der Waals surface area contributed by atoms with Crippen LogP contribution in [0, 0.1) is 25.7 Å². The van der Waals surface area contributed by atoms with Crippen molar-refractivity contribution in [2.45, 2.75) is 43.4 Å². The Kier molecular flexibility index (Phi) is 4.80. The molecule has 4 rings (SSSR count). The number of thioether (sulfide) groups is 1. The third kappa shape index (κ3) is 3.16. The molecule has 138 valence electrons. The summed E-state index contributed by atoms with van der Waals surface area (Å²) < 4.78 is 5.24. The Morgan fingerprint density at radius 1 is 1.31 bits per heavy atom. The summed E-state index contributed by atoms with van der Waals surface area (Å²) in [5, 5.41) is 4.01. The number of likely N-dealkylation sites (tertiary alicyclic amines) is 1. The van der Waals surface area contributed by atoms with E-state index in [1.54, 1.807) is 11.8 Å². The number of aromatic nitrogens is 1. The van der Waals surface area contributed by atoms with Crippen LogP contribution in [0.3, 0.4) is 0 Å². The molecular weight excluding hydrogens is 346 g/mol. The molecule has 2 aliphatic rings. The van der Waals surface area contributed by atoms with Crippen LogP contribution < -0.4 is 5.73 Å². The molecule has 0 bridgehead atoms. The minimum absolute atomic E-state index is 0.133. The fourth-order valence-corrected chi connectivity index (χ4v) is 5.47. The zero-order chi connectivity index (χ0) is 18.3. The molecule has 6 heteroatoms. The zero-order valence-corrected chi connectivity index (χ0v) is 16.1. The van der Waals surface area contributed by atoms with Crippen LogP contribution in [0.15, 0.2) is 33.7 Å². The average molecular weight is 372 g/mol. The van der Waals surface area contributed by atoms with Gasteiger partial charge in [0, 0.05) is 35.3 Å². The van der Waals surface area contributed by atoms with E-state index in [2.05, 4.69) is 5.16 Å². The third-order valence-electron chi connectivity index (χ3n) is 5.87. The molecule has 2 heterocycles. The smallest absolute Gasteiger partial charge is 0.255 e. The van der Waals surface area contributed by atoms with Crippen LogP contribution in [-0.4, -0.2) is 35.1 Å². The highest BCUT2D eigenvalue weighted by Crippen LogP contribution is 2.38. The number of amides is 1. The summed E-state index contributed by atoms with van der Waals surface area (Å²) >= 11 is 1.67. The third-order valence-corrected chi connectivity index (χ3v) is 6.97. The van der Waals surface area contributed by atoms with Gasteiger partial charge in [-0.2, -0.15) is 0 Å². The second-order valence-electron chi connectivity index (χ2n) is 7.46. The predicted molar refractivity (Wildman–Crippen MR) is 102 cm³/mol. The van der Waals surface area contributed by atoms with E-state index < -0.39 is 0 Å². The summed E-state index contributed by atoms with van der Waals surface area (Å²) in [5.74, 6) is 2.78. The quantitative estimate of drug-likeness (QED) is 0.834. The maximum absolute atomic E-state index is 13.1. The number of carbonyl (C=O) groups is 1. The Labute approximate surface area is 158 Å². The number of nitrogens with two attached hydrogens (primary N) is 1. The molecule has 5 nitrogen and oxygen atoms in total. The number of nitrogens with zero attached hydrogens (tertiary/aromatic N) is 2. The Hall–Kier alpha value is -1.79. The van der Waals surface area contributed by atoms with Crippen molar-refractivity contribution in [3.8, 4) is 0 Å². The molecule has 26 heavy (non-hydrogen) atoms. The van der Waals surface area contributed by atoms with Gasteiger partial charge < -0.3 is 15.2 Å². The maximum atomic E-state index is 13.1. The fourth-order valence-electron chi connectivity index (χ4n) is 4.27. The summed E-state index contributed by atoms with van der Waals surface area (Å²) in [6.07, 6.45) is 2.25. The van der Waals surface area contributed by atoms with Crippen LogP contribution >= 0.6 is 11.8 Å². The van der Waals surface area contributed by atoms with Gasteiger partial charge in [0.2, 0.25) is 0 Å². The highest BCUT2D eigenvalue weighted by Gasteiger charge is 2.42. The van der Waals surface area contributed by atoms with E-state index in [1.165, 1.54) is 0 Å². The number of benzene rings is 1. The Balaban J connectivity index is 1.50. The molecule has 1 saturated heterocycles. The number of hydrogen-bond acceptors (Lipinski definition) is 5. The van der Waals surface area contributed by atoms with Crippen LogP contribution in [0.2, 0.25) is 0 Å². The Morgan fingerprint density at radius 2 is 2.12 bits per heavy atom. The van der Waals surface area contributed by atoms with Gasteiger partial charge in [0.15, 0.2) is 0 Å². The average Bonchev–Trinajstić information content (AvgIpc) is 3.30. The Bertz CT molecular complexity index is 800. The van der Waals surface area contributed by atoms with E-state index >= 15 is 0 Å². The van der Waals surface area contributed by atoms with E-state index in [1.807, 2.05) is 43.0 Å². The molecule has 1 amide bonds. The standard InChI is InChI=1S/C20H25N3O2S/c1-12-17(13(2)25-22-12)11-26-19-6-4-3-5-15(19)20(24)23-9-14-7-8-18(21)16(14)10-23/h3-6,14,16,18H,7-11,21H2,1-2H3. The molecular formula is C20H25N3O2S. The van der Waals surface area contributed by atoms with Crippen LogP contribution in [0.25, 0.3) is 0 Å². The van der Waals surface area contributed by atoms with Crippen LogP contribution in [0.1, 0.15) is 40.2 Å². The molecule has 1 aliphatic heterocycles. The van der Waals surface area contributed by atoms with Gasteiger partial charge in [0.1, 0.15) is 5.76 Å². The van der Waals surface area contributed by atoms with Crippen molar-refractivity contribution >= 4 is 17.7 Å². The number of carbonyl (C=O) groups excluding carboxylic acids is 1. The fraction of sp³-hybridized carbons (Fsp3) is 0.500. The molecule has 0 spiro atoms. The maximum Gasteiger partial charge on any atom is 0.255 e. The molecule has 2 fully saturated rings. The Morgan fingerprint density at radius 3 is 2.85 bits per heavy atom. The molecule has 1 saturated carbocycles. The van der Waals surface area contributed by atoms with Crippen molar-refractivity contribution in [1.29, 1.82) is 0 Å². The lowest BCUT2D eigenvalue weighted by Crippen LogP contribution is -2.33. The summed E-state index contributed by atoms with van der Waals surface area (Å²) in [6.45, 7) is 5.53. The molecule has 1 aromatic heterocycles. The molecule has 2 N–H and O–H groups in total. The van der Waals surface area contributed by atoms with Crippen molar-refractivity contribution in [1.82, 2.24) is 10.1 Å². The van der Waals surface area contributed by atoms with Gasteiger partial charge in [-0.3, -0.25) is 4.79 Å². The van der Waals surface area contributed by atoms with E-state index in [-0.39, 0.29) is 11.9 Å². The number of aryl methyl sites for hydroxylation is 2. The monoisotopic (exact) mass is 371 g/mol. The summed E-state index contributed by atoms with van der Waals surface area (Å²) in [5.41, 5.74) is 9.04. The van der Waals surface area contributed by atoms with Gasteiger partial charge in [0.25, 0.3) is 5.91 Å². The summed E-state index contributed by atoms with van der Waals surface area (Å²) in [6, 6.07) is 8.14. The van der Waals surface area contributed by atoms with Gasteiger partial charge in [-0.1, -0.05) is 17.3 Å². The first kappa shape index (κ1) is 17.6. The normalized spacial score (nSPS) is 24.9. The summed E-state index contributed by atoms with van der Waals surface area (Å²) in [4.78, 5) is 16.2. The van der Waals surface area contributed by atoms with Crippen molar-refractivity contribution in [2.24, 2.45) is 17.6 Å². The highest BCUT2D eigenvalue weighted by atomic mass is 32.2. The first-order chi connectivity index (χ1) is 12.5. The second-order valence-corrected chi connectivity index (χ2v) is 8.48. The largest absolute Gasteiger partial charge is 0.361 e. The lowest BCUT2D eigenvalue weighted by Gasteiger charge is -2.20. The topological polar surface area (TPSA) is 72.4 Å². The van der Waals surface area contributed by atoms with E-state index in [0.717, 1.165) is 59.2 Å². The number of rotatable bonds is 4. The SMILES string of the molecule is Cc1noc(C)c1CSc1ccccc1C(=O)N1CC2CCC(N)C2C1. The van der Waals surface area contributed by atoms with E-state index in [9.17, 15) is 4.79 Å². The first-order valence-electron chi connectivity index (χ1n) is 9.23. The van der Waals surface area contributed by atoms with Gasteiger partial charge in [-0.25, -0.2) is 0 Å². The second kappa shape index (κ2) is 7.08. The van der Waals surface area contributed by atoms with Crippen molar-refractivity contribution in [3.05, 3.63) is 46.8 Å². The van der Waals surface area contributed by atoms with Crippen molar-refractivity contribution in [2.75, 3.05) is 13.1 Å². The minimum atomic E-state index is 0.133. The number of hydrogen-bond donors (Lipinski definition) is 1. The van der Waals surface area contributed by atoms with Crippen molar-refractivity contribution < 1.29 is 9.32 Å². The molecule has 1 aromatic carbocycles. The first-order valence-corrected chi connectivity index (χ1v) is 10.2. The summed E-state index contributed by atoms with van der Waals surface area (Å²) in [7, 11) is 0. The lowest BCUT2D eigenvalue weighted by molar-refractivity contribution is 0.0776. The van der Waals surface area contributed by atoms with E-state index in [4.69, 9.17) is 10.3 Å². The zero-order valence-electron chi connectivity index (χ0n) is 15.3. The van der Waals surface area contributed by atoms with Crippen LogP contribution in [0.5, 0.6) is 0 Å². The molecule has 3 unspecified atom stereocenters. The van der Waals surface area contributed by atoms with Crippen LogP contribution in [-0.2, 0) is 5.75 Å². The molecule has 3 atom stereocenters. The lowest BCUT2D eigenvalue weighted by atomic mass is 9.98. The van der Waals surface area contributed by atoms with Crippen LogP contribution in [0.4, 0.5) is 0 Å².